The molecule has 2 rings (SSSR count). The molecule has 0 saturated carbocycles. The fraction of sp³-hybridized carbons (Fsp3) is 0.400. The van der Waals surface area contributed by atoms with E-state index < -0.39 is 5.92 Å². The number of rotatable bonds is 1. The van der Waals surface area contributed by atoms with Crippen LogP contribution in [0.4, 0.5) is 8.78 Å². The quantitative estimate of drug-likeness (QED) is 0.753. The standard InChI is InChI=1S/C10H9BrF2O/c1-14-8-3-2-7(11)9-6(8)4-5-10(9,12)13/h2-3H,4-5H2,1H3. The summed E-state index contributed by atoms with van der Waals surface area (Å²) in [5, 5.41) is 0. The lowest BCUT2D eigenvalue weighted by Gasteiger charge is -2.13. The molecule has 0 heterocycles. The van der Waals surface area contributed by atoms with Gasteiger partial charge in [0, 0.05) is 22.0 Å². The second kappa shape index (κ2) is 3.19. The van der Waals surface area contributed by atoms with Gasteiger partial charge in [0.25, 0.3) is 5.92 Å². The van der Waals surface area contributed by atoms with Crippen molar-refractivity contribution >= 4 is 15.9 Å². The summed E-state index contributed by atoms with van der Waals surface area (Å²) < 4.78 is 32.4. The van der Waals surface area contributed by atoms with E-state index in [2.05, 4.69) is 15.9 Å². The maximum Gasteiger partial charge on any atom is 0.275 e. The Bertz CT molecular complexity index is 377. The molecule has 4 heteroatoms. The molecular formula is C10H9BrF2O. The van der Waals surface area contributed by atoms with Gasteiger partial charge in [-0.05, 0) is 18.6 Å². The first kappa shape index (κ1) is 9.90. The van der Waals surface area contributed by atoms with Gasteiger partial charge in [-0.1, -0.05) is 15.9 Å². The van der Waals surface area contributed by atoms with Gasteiger partial charge >= 0.3 is 0 Å². The molecule has 0 unspecified atom stereocenters. The van der Waals surface area contributed by atoms with Crippen LogP contribution in [-0.2, 0) is 12.3 Å². The minimum Gasteiger partial charge on any atom is -0.496 e. The van der Waals surface area contributed by atoms with Gasteiger partial charge in [0.1, 0.15) is 5.75 Å². The summed E-state index contributed by atoms with van der Waals surface area (Å²) in [6, 6.07) is 3.32. The molecule has 0 atom stereocenters. The lowest BCUT2D eigenvalue weighted by atomic mass is 10.1. The van der Waals surface area contributed by atoms with Crippen molar-refractivity contribution in [3.8, 4) is 5.75 Å². The Kier molecular flexibility index (Phi) is 2.26. The molecular weight excluding hydrogens is 254 g/mol. The van der Waals surface area contributed by atoms with Crippen LogP contribution >= 0.6 is 15.9 Å². The first-order valence-corrected chi connectivity index (χ1v) is 5.09. The fourth-order valence-electron chi connectivity index (χ4n) is 1.84. The molecule has 0 radical (unpaired) electrons. The molecule has 0 aliphatic heterocycles. The van der Waals surface area contributed by atoms with Gasteiger partial charge in [-0.3, -0.25) is 0 Å². The van der Waals surface area contributed by atoms with Crippen LogP contribution in [0.25, 0.3) is 0 Å². The molecule has 0 bridgehead atoms. The topological polar surface area (TPSA) is 9.23 Å². The SMILES string of the molecule is COc1ccc(Br)c2c1CCC2(F)F. The Morgan fingerprint density at radius 2 is 2.14 bits per heavy atom. The zero-order chi connectivity index (χ0) is 10.3. The van der Waals surface area contributed by atoms with Crippen molar-refractivity contribution in [3.05, 3.63) is 27.7 Å². The van der Waals surface area contributed by atoms with Crippen molar-refractivity contribution in [2.75, 3.05) is 7.11 Å². The van der Waals surface area contributed by atoms with Crippen molar-refractivity contribution in [2.24, 2.45) is 0 Å². The van der Waals surface area contributed by atoms with Gasteiger partial charge < -0.3 is 4.74 Å². The van der Waals surface area contributed by atoms with Crippen LogP contribution in [-0.4, -0.2) is 7.11 Å². The predicted molar refractivity (Wildman–Crippen MR) is 52.9 cm³/mol. The Hall–Kier alpha value is -0.640. The highest BCUT2D eigenvalue weighted by molar-refractivity contribution is 9.10. The normalized spacial score (nSPS) is 18.0. The molecule has 0 saturated heterocycles. The van der Waals surface area contributed by atoms with Crippen molar-refractivity contribution in [1.29, 1.82) is 0 Å². The third kappa shape index (κ3) is 1.32. The highest BCUT2D eigenvalue weighted by Crippen LogP contribution is 2.48. The maximum atomic E-state index is 13.4. The lowest BCUT2D eigenvalue weighted by molar-refractivity contribution is -0.00252. The number of fused-ring (bicyclic) bond motifs is 1. The zero-order valence-corrected chi connectivity index (χ0v) is 9.20. The average Bonchev–Trinajstić information content (AvgIpc) is 2.44. The minimum atomic E-state index is -2.72. The van der Waals surface area contributed by atoms with E-state index in [1.807, 2.05) is 0 Å². The Morgan fingerprint density at radius 1 is 1.43 bits per heavy atom. The predicted octanol–water partition coefficient (Wildman–Crippen LogP) is 3.50. The summed E-state index contributed by atoms with van der Waals surface area (Å²) in [4.78, 5) is 0. The van der Waals surface area contributed by atoms with E-state index in [4.69, 9.17) is 4.74 Å². The van der Waals surface area contributed by atoms with Crippen LogP contribution in [0, 0.1) is 0 Å². The third-order valence-corrected chi connectivity index (χ3v) is 3.15. The second-order valence-corrected chi connectivity index (χ2v) is 4.16. The van der Waals surface area contributed by atoms with Gasteiger partial charge in [-0.25, -0.2) is 8.78 Å². The van der Waals surface area contributed by atoms with E-state index in [0.717, 1.165) is 0 Å². The number of benzene rings is 1. The fourth-order valence-corrected chi connectivity index (χ4v) is 2.50. The number of hydrogen-bond donors (Lipinski definition) is 0. The highest BCUT2D eigenvalue weighted by atomic mass is 79.9. The first-order valence-electron chi connectivity index (χ1n) is 4.30. The summed E-state index contributed by atoms with van der Waals surface area (Å²) >= 11 is 3.15. The molecule has 0 N–H and O–H groups in total. The van der Waals surface area contributed by atoms with E-state index in [1.54, 1.807) is 12.1 Å². The van der Waals surface area contributed by atoms with Gasteiger partial charge in [0.05, 0.1) is 7.11 Å². The summed E-state index contributed by atoms with van der Waals surface area (Å²) in [7, 11) is 1.50. The number of methoxy groups -OCH3 is 1. The monoisotopic (exact) mass is 262 g/mol. The second-order valence-electron chi connectivity index (χ2n) is 3.31. The van der Waals surface area contributed by atoms with Crippen molar-refractivity contribution in [1.82, 2.24) is 0 Å². The summed E-state index contributed by atoms with van der Waals surface area (Å²) in [5.74, 6) is -2.16. The molecule has 14 heavy (non-hydrogen) atoms. The van der Waals surface area contributed by atoms with Crippen LogP contribution in [0.1, 0.15) is 17.5 Å². The average molecular weight is 263 g/mol. The molecule has 1 aromatic carbocycles. The van der Waals surface area contributed by atoms with Crippen LogP contribution < -0.4 is 4.74 Å². The van der Waals surface area contributed by atoms with Gasteiger partial charge in [-0.15, -0.1) is 0 Å². The third-order valence-electron chi connectivity index (χ3n) is 2.49. The Labute approximate surface area is 89.2 Å². The molecule has 0 aromatic heterocycles. The maximum absolute atomic E-state index is 13.4. The molecule has 1 aliphatic rings. The largest absolute Gasteiger partial charge is 0.496 e. The lowest BCUT2D eigenvalue weighted by Crippen LogP contribution is -2.08. The smallest absolute Gasteiger partial charge is 0.275 e. The van der Waals surface area contributed by atoms with Crippen molar-refractivity contribution < 1.29 is 13.5 Å². The van der Waals surface area contributed by atoms with Crippen LogP contribution in [0.15, 0.2) is 16.6 Å². The summed E-state index contributed by atoms with van der Waals surface area (Å²) in [6.07, 6.45) is 0.256. The van der Waals surface area contributed by atoms with E-state index in [1.165, 1.54) is 7.11 Å². The van der Waals surface area contributed by atoms with Gasteiger partial charge in [-0.2, -0.15) is 0 Å². The summed E-state index contributed by atoms with van der Waals surface area (Å²) in [6.45, 7) is 0. The summed E-state index contributed by atoms with van der Waals surface area (Å²) in [5.41, 5.74) is 0.726. The number of alkyl halides is 2. The number of hydrogen-bond acceptors (Lipinski definition) is 1. The van der Waals surface area contributed by atoms with Crippen molar-refractivity contribution in [3.63, 3.8) is 0 Å². The van der Waals surface area contributed by atoms with Crippen LogP contribution in [0.2, 0.25) is 0 Å². The van der Waals surface area contributed by atoms with E-state index in [-0.39, 0.29) is 12.0 Å². The Balaban J connectivity index is 2.65. The van der Waals surface area contributed by atoms with Gasteiger partial charge in [0.2, 0.25) is 0 Å². The highest BCUT2D eigenvalue weighted by Gasteiger charge is 2.42. The van der Waals surface area contributed by atoms with E-state index in [0.29, 0.717) is 22.2 Å². The van der Waals surface area contributed by atoms with Gasteiger partial charge in [0.15, 0.2) is 0 Å². The van der Waals surface area contributed by atoms with Crippen molar-refractivity contribution in [2.45, 2.75) is 18.8 Å². The first-order chi connectivity index (χ1) is 6.56. The molecule has 76 valence electrons. The number of halogens is 3. The molecule has 0 spiro atoms. The van der Waals surface area contributed by atoms with Crippen LogP contribution in [0.5, 0.6) is 5.75 Å². The molecule has 1 aliphatic carbocycles. The number of ether oxygens (including phenoxy) is 1. The zero-order valence-electron chi connectivity index (χ0n) is 7.61. The minimum absolute atomic E-state index is 0.0943. The van der Waals surface area contributed by atoms with Crippen LogP contribution in [0.3, 0.4) is 0 Å². The van der Waals surface area contributed by atoms with E-state index >= 15 is 0 Å². The molecule has 1 nitrogen and oxygen atoms in total. The Morgan fingerprint density at radius 3 is 2.79 bits per heavy atom. The molecule has 0 amide bonds. The van der Waals surface area contributed by atoms with E-state index in [9.17, 15) is 8.78 Å². The molecule has 0 fully saturated rings. The molecule has 1 aromatic rings.